The fraction of sp³-hybridized carbons (Fsp3) is 0.278. The van der Waals surface area contributed by atoms with Crippen LogP contribution < -0.4 is 9.62 Å². The summed E-state index contributed by atoms with van der Waals surface area (Å²) in [6.45, 7) is 5.29. The molecule has 5 nitrogen and oxygen atoms in total. The van der Waals surface area contributed by atoms with E-state index in [0.29, 0.717) is 12.5 Å². The number of benzene rings is 2. The predicted molar refractivity (Wildman–Crippen MR) is 96.9 cm³/mol. The molecule has 6 heteroatoms. The lowest BCUT2D eigenvalue weighted by molar-refractivity contribution is 0.591. The van der Waals surface area contributed by atoms with Crippen molar-refractivity contribution in [1.29, 1.82) is 0 Å². The van der Waals surface area contributed by atoms with Crippen LogP contribution in [0.5, 0.6) is 0 Å². The lowest BCUT2D eigenvalue weighted by atomic mass is 10.1. The molecule has 2 aromatic carbocycles. The second-order valence-corrected chi connectivity index (χ2v) is 7.60. The second kappa shape index (κ2) is 6.65. The number of para-hydroxylation sites is 1. The first kappa shape index (κ1) is 16.5. The highest BCUT2D eigenvalue weighted by Crippen LogP contribution is 2.22. The number of hydrogen-bond acceptors (Lipinski definition) is 4. The molecule has 0 fully saturated rings. The van der Waals surface area contributed by atoms with Gasteiger partial charge in [0.25, 0.3) is 10.0 Å². The van der Waals surface area contributed by atoms with Crippen LogP contribution in [0.25, 0.3) is 0 Å². The highest BCUT2D eigenvalue weighted by Gasteiger charge is 2.24. The lowest BCUT2D eigenvalue weighted by Crippen LogP contribution is -2.47. The first-order valence-electron chi connectivity index (χ1n) is 7.94. The first-order chi connectivity index (χ1) is 11.5. The van der Waals surface area contributed by atoms with Gasteiger partial charge in [-0.2, -0.15) is 0 Å². The van der Waals surface area contributed by atoms with Crippen LogP contribution >= 0.6 is 0 Å². The zero-order chi connectivity index (χ0) is 17.2. The van der Waals surface area contributed by atoms with E-state index in [9.17, 15) is 8.42 Å². The summed E-state index contributed by atoms with van der Waals surface area (Å²) < 4.78 is 28.0. The fourth-order valence-electron chi connectivity index (χ4n) is 2.69. The molecule has 0 bridgehead atoms. The van der Waals surface area contributed by atoms with E-state index >= 15 is 0 Å². The maximum atomic E-state index is 12.7. The Bertz CT molecular complexity index is 858. The molecule has 0 aliphatic carbocycles. The van der Waals surface area contributed by atoms with Crippen LogP contribution in [0.1, 0.15) is 17.5 Å². The van der Waals surface area contributed by atoms with E-state index < -0.39 is 10.0 Å². The molecule has 3 rings (SSSR count). The molecule has 0 atom stereocenters. The molecule has 0 spiro atoms. The molecule has 1 heterocycles. The van der Waals surface area contributed by atoms with E-state index in [4.69, 9.17) is 0 Å². The summed E-state index contributed by atoms with van der Waals surface area (Å²) in [6, 6.07) is 14.7. The SMILES string of the molecule is Cc1ccc(S(=O)(=O)NC2=NCCCN2c2ccccc2C)cc1. The quantitative estimate of drug-likeness (QED) is 0.932. The average molecular weight is 343 g/mol. The highest BCUT2D eigenvalue weighted by atomic mass is 32.2. The standard InChI is InChI=1S/C18H21N3O2S/c1-14-8-10-16(11-9-14)24(22,23)20-18-19-12-5-13-21(18)17-7-4-3-6-15(17)2/h3-4,6-11H,5,12-13H2,1-2H3,(H,19,20). The monoisotopic (exact) mass is 343 g/mol. The van der Waals surface area contributed by atoms with E-state index in [1.165, 1.54) is 0 Å². The number of hydrogen-bond donors (Lipinski definition) is 1. The van der Waals surface area contributed by atoms with Gasteiger partial charge in [0.1, 0.15) is 0 Å². The second-order valence-electron chi connectivity index (χ2n) is 5.92. The van der Waals surface area contributed by atoms with Crippen molar-refractivity contribution < 1.29 is 8.42 Å². The van der Waals surface area contributed by atoms with Crippen LogP contribution in [0.3, 0.4) is 0 Å². The number of aliphatic imine (C=N–C) groups is 1. The highest BCUT2D eigenvalue weighted by molar-refractivity contribution is 7.90. The summed E-state index contributed by atoms with van der Waals surface area (Å²) in [4.78, 5) is 6.59. The summed E-state index contributed by atoms with van der Waals surface area (Å²) in [5, 5.41) is 0. The van der Waals surface area contributed by atoms with Gasteiger partial charge >= 0.3 is 0 Å². The third-order valence-electron chi connectivity index (χ3n) is 4.02. The number of rotatable bonds is 3. The molecule has 2 aromatic rings. The van der Waals surface area contributed by atoms with Crippen molar-refractivity contribution >= 4 is 21.7 Å². The van der Waals surface area contributed by atoms with Crippen LogP contribution in [-0.2, 0) is 10.0 Å². The van der Waals surface area contributed by atoms with Gasteiger partial charge in [0.15, 0.2) is 0 Å². The van der Waals surface area contributed by atoms with E-state index in [-0.39, 0.29) is 4.90 Å². The Labute approximate surface area is 143 Å². The van der Waals surface area contributed by atoms with Gasteiger partial charge in [0.2, 0.25) is 5.96 Å². The van der Waals surface area contributed by atoms with Crippen molar-refractivity contribution in [3.63, 3.8) is 0 Å². The van der Waals surface area contributed by atoms with E-state index in [1.54, 1.807) is 24.3 Å². The Morgan fingerprint density at radius 3 is 2.46 bits per heavy atom. The minimum atomic E-state index is -3.65. The van der Waals surface area contributed by atoms with E-state index in [0.717, 1.165) is 29.8 Å². The van der Waals surface area contributed by atoms with Gasteiger partial charge in [-0.25, -0.2) is 13.1 Å². The molecule has 1 aliphatic rings. The smallest absolute Gasteiger partial charge is 0.264 e. The molecular weight excluding hydrogens is 322 g/mol. The minimum Gasteiger partial charge on any atom is -0.312 e. The van der Waals surface area contributed by atoms with E-state index in [2.05, 4.69) is 9.71 Å². The first-order valence-corrected chi connectivity index (χ1v) is 9.43. The minimum absolute atomic E-state index is 0.242. The maximum Gasteiger partial charge on any atom is 0.264 e. The normalized spacial score (nSPS) is 15.1. The molecule has 0 unspecified atom stereocenters. The molecule has 1 N–H and O–H groups in total. The van der Waals surface area contributed by atoms with E-state index in [1.807, 2.05) is 43.0 Å². The van der Waals surface area contributed by atoms with Crippen molar-refractivity contribution in [2.75, 3.05) is 18.0 Å². The lowest BCUT2D eigenvalue weighted by Gasteiger charge is -2.30. The largest absolute Gasteiger partial charge is 0.312 e. The van der Waals surface area contributed by atoms with Gasteiger partial charge in [0.05, 0.1) is 4.90 Å². The number of sulfonamides is 1. The summed E-state index contributed by atoms with van der Waals surface area (Å²) >= 11 is 0. The van der Waals surface area contributed by atoms with Gasteiger partial charge in [-0.15, -0.1) is 0 Å². The summed E-state index contributed by atoms with van der Waals surface area (Å²) in [5.74, 6) is 0.385. The van der Waals surface area contributed by atoms with Gasteiger partial charge in [-0.05, 0) is 44.0 Å². The van der Waals surface area contributed by atoms with Crippen LogP contribution in [0.4, 0.5) is 5.69 Å². The Morgan fingerprint density at radius 2 is 1.75 bits per heavy atom. The fourth-order valence-corrected chi connectivity index (χ4v) is 3.72. The number of nitrogens with zero attached hydrogens (tertiary/aromatic N) is 2. The molecule has 24 heavy (non-hydrogen) atoms. The number of aryl methyl sites for hydroxylation is 2. The van der Waals surface area contributed by atoms with Crippen molar-refractivity contribution in [2.45, 2.75) is 25.2 Å². The molecule has 1 aliphatic heterocycles. The molecule has 0 amide bonds. The number of nitrogens with one attached hydrogen (secondary N) is 1. The van der Waals surface area contributed by atoms with Crippen molar-refractivity contribution in [2.24, 2.45) is 4.99 Å². The average Bonchev–Trinajstić information content (AvgIpc) is 2.56. The predicted octanol–water partition coefficient (Wildman–Crippen LogP) is 2.85. The molecule has 0 radical (unpaired) electrons. The maximum absolute atomic E-state index is 12.7. The Hall–Kier alpha value is -2.34. The van der Waals surface area contributed by atoms with Gasteiger partial charge in [-0.1, -0.05) is 35.9 Å². The summed E-state index contributed by atoms with van der Waals surface area (Å²) in [5.41, 5.74) is 3.08. The Morgan fingerprint density at radius 1 is 1.04 bits per heavy atom. The van der Waals surface area contributed by atoms with Gasteiger partial charge in [0, 0.05) is 18.8 Å². The van der Waals surface area contributed by atoms with Crippen LogP contribution in [0.2, 0.25) is 0 Å². The van der Waals surface area contributed by atoms with Crippen LogP contribution in [-0.4, -0.2) is 27.5 Å². The third-order valence-corrected chi connectivity index (χ3v) is 5.36. The van der Waals surface area contributed by atoms with Crippen molar-refractivity contribution in [3.05, 3.63) is 59.7 Å². The Kier molecular flexibility index (Phi) is 4.57. The molecule has 126 valence electrons. The Balaban J connectivity index is 1.91. The summed E-state index contributed by atoms with van der Waals surface area (Å²) in [6.07, 6.45) is 0.893. The molecule has 0 aromatic heterocycles. The zero-order valence-electron chi connectivity index (χ0n) is 13.9. The molecule has 0 saturated carbocycles. The van der Waals surface area contributed by atoms with Gasteiger partial charge in [-0.3, -0.25) is 4.99 Å². The molecular formula is C18H21N3O2S. The summed E-state index contributed by atoms with van der Waals surface area (Å²) in [7, 11) is -3.65. The third kappa shape index (κ3) is 3.43. The topological polar surface area (TPSA) is 61.8 Å². The van der Waals surface area contributed by atoms with Crippen LogP contribution in [0, 0.1) is 13.8 Å². The van der Waals surface area contributed by atoms with Crippen molar-refractivity contribution in [1.82, 2.24) is 4.72 Å². The van der Waals surface area contributed by atoms with Crippen molar-refractivity contribution in [3.8, 4) is 0 Å². The number of anilines is 1. The zero-order valence-corrected chi connectivity index (χ0v) is 14.7. The van der Waals surface area contributed by atoms with Crippen LogP contribution in [0.15, 0.2) is 58.4 Å². The van der Waals surface area contributed by atoms with Gasteiger partial charge < -0.3 is 4.90 Å². The molecule has 0 saturated heterocycles. The number of guanidine groups is 1.